The summed E-state index contributed by atoms with van der Waals surface area (Å²) in [4.78, 5) is 10.6. The van der Waals surface area contributed by atoms with E-state index >= 15 is 0 Å². The van der Waals surface area contributed by atoms with Gasteiger partial charge in [-0.2, -0.15) is 5.10 Å². The van der Waals surface area contributed by atoms with Crippen molar-refractivity contribution >= 4 is 11.5 Å². The minimum Gasteiger partial charge on any atom is -0.345 e. The van der Waals surface area contributed by atoms with Gasteiger partial charge in [-0.25, -0.2) is 4.98 Å². The Morgan fingerprint density at radius 1 is 1.20 bits per heavy atom. The molecule has 1 atom stereocenters. The van der Waals surface area contributed by atoms with Crippen LogP contribution in [-0.4, -0.2) is 33.8 Å². The fourth-order valence-electron chi connectivity index (χ4n) is 4.19. The van der Waals surface area contributed by atoms with Crippen molar-refractivity contribution in [3.05, 3.63) is 59.3 Å². The molecule has 6 nitrogen and oxygen atoms in total. The number of fused-ring (bicyclic) bond motifs is 1. The number of aryl methyl sites for hydroxylation is 1. The number of likely N-dealkylation sites (N-methyl/N-ethyl adjacent to an activating group) is 1. The zero-order valence-electron chi connectivity index (χ0n) is 18.6. The van der Waals surface area contributed by atoms with Crippen molar-refractivity contribution in [1.82, 2.24) is 25.5 Å². The quantitative estimate of drug-likeness (QED) is 0.507. The summed E-state index contributed by atoms with van der Waals surface area (Å²) in [6, 6.07) is 9.07. The van der Waals surface area contributed by atoms with Gasteiger partial charge in [0, 0.05) is 29.7 Å². The molecule has 1 aromatic carbocycles. The van der Waals surface area contributed by atoms with Crippen LogP contribution in [0.4, 0.5) is 11.5 Å². The van der Waals surface area contributed by atoms with E-state index in [2.05, 4.69) is 75.4 Å². The average Bonchev–Trinajstić information content (AvgIpc) is 3.41. The van der Waals surface area contributed by atoms with Crippen LogP contribution >= 0.6 is 0 Å². The van der Waals surface area contributed by atoms with E-state index in [1.807, 2.05) is 19.4 Å². The molecule has 0 aliphatic carbocycles. The Morgan fingerprint density at radius 2 is 2.00 bits per heavy atom. The van der Waals surface area contributed by atoms with Crippen molar-refractivity contribution in [1.29, 1.82) is 0 Å². The van der Waals surface area contributed by atoms with Gasteiger partial charge in [-0.3, -0.25) is 5.10 Å². The summed E-state index contributed by atoms with van der Waals surface area (Å²) in [5.41, 5.74) is 5.32. The lowest BCUT2D eigenvalue weighted by Gasteiger charge is -2.28. The van der Waals surface area contributed by atoms with Crippen LogP contribution in [0.15, 0.2) is 36.7 Å². The van der Waals surface area contributed by atoms with Gasteiger partial charge < -0.3 is 15.2 Å². The Morgan fingerprint density at radius 3 is 2.73 bits per heavy atom. The van der Waals surface area contributed by atoms with Gasteiger partial charge in [-0.1, -0.05) is 39.3 Å². The molecule has 2 aromatic heterocycles. The third-order valence-electron chi connectivity index (χ3n) is 6.43. The van der Waals surface area contributed by atoms with E-state index in [4.69, 9.17) is 0 Å². The lowest BCUT2D eigenvalue weighted by Crippen LogP contribution is -2.24. The number of aromatic amines is 2. The van der Waals surface area contributed by atoms with Gasteiger partial charge >= 0.3 is 0 Å². The number of benzene rings is 1. The van der Waals surface area contributed by atoms with Crippen molar-refractivity contribution in [3.63, 3.8) is 0 Å². The maximum absolute atomic E-state index is 4.67. The SMILES string of the molecule is CCC(C)(C)Cc1cnc(C(Cc2ccc(N3CCCc4cn[nH]c43)cc2)NC)[nH]1. The number of hydrogen-bond acceptors (Lipinski definition) is 4. The molecule has 1 unspecified atom stereocenters. The highest BCUT2D eigenvalue weighted by Crippen LogP contribution is 2.32. The fraction of sp³-hybridized carbons (Fsp3) is 0.500. The highest BCUT2D eigenvalue weighted by Gasteiger charge is 2.21. The van der Waals surface area contributed by atoms with Gasteiger partial charge in [0.25, 0.3) is 0 Å². The molecule has 3 aromatic rings. The number of anilines is 2. The van der Waals surface area contributed by atoms with Gasteiger partial charge in [0.2, 0.25) is 0 Å². The van der Waals surface area contributed by atoms with Gasteiger partial charge in [0.05, 0.1) is 12.2 Å². The second-order valence-corrected chi connectivity index (χ2v) is 9.20. The summed E-state index contributed by atoms with van der Waals surface area (Å²) in [6.07, 6.45) is 9.28. The molecular weight excluding hydrogens is 372 g/mol. The van der Waals surface area contributed by atoms with Crippen molar-refractivity contribution in [2.75, 3.05) is 18.5 Å². The Hall–Kier alpha value is -2.60. The van der Waals surface area contributed by atoms with Crippen LogP contribution in [0.3, 0.4) is 0 Å². The van der Waals surface area contributed by atoms with Crippen molar-refractivity contribution in [2.45, 2.75) is 58.9 Å². The van der Waals surface area contributed by atoms with Crippen molar-refractivity contribution in [3.8, 4) is 0 Å². The topological polar surface area (TPSA) is 72.6 Å². The highest BCUT2D eigenvalue weighted by molar-refractivity contribution is 5.64. The van der Waals surface area contributed by atoms with Gasteiger partial charge in [-0.05, 0) is 55.8 Å². The van der Waals surface area contributed by atoms with Gasteiger partial charge in [0.1, 0.15) is 11.6 Å². The lowest BCUT2D eigenvalue weighted by atomic mass is 9.85. The summed E-state index contributed by atoms with van der Waals surface area (Å²) in [6.45, 7) is 7.88. The zero-order chi connectivity index (χ0) is 21.1. The molecule has 4 rings (SSSR count). The predicted octanol–water partition coefficient (Wildman–Crippen LogP) is 4.70. The van der Waals surface area contributed by atoms with E-state index in [1.54, 1.807) is 0 Å². The zero-order valence-corrected chi connectivity index (χ0v) is 18.6. The smallest absolute Gasteiger partial charge is 0.131 e. The Balaban J connectivity index is 1.44. The van der Waals surface area contributed by atoms with E-state index in [-0.39, 0.29) is 11.5 Å². The first-order chi connectivity index (χ1) is 14.5. The van der Waals surface area contributed by atoms with Crippen LogP contribution < -0.4 is 10.2 Å². The molecule has 0 amide bonds. The third-order valence-corrected chi connectivity index (χ3v) is 6.43. The molecule has 0 spiro atoms. The van der Waals surface area contributed by atoms with E-state index < -0.39 is 0 Å². The first-order valence-corrected chi connectivity index (χ1v) is 11.1. The Bertz CT molecular complexity index is 952. The third kappa shape index (κ3) is 4.43. The maximum Gasteiger partial charge on any atom is 0.131 e. The molecule has 0 bridgehead atoms. The molecule has 30 heavy (non-hydrogen) atoms. The number of imidazole rings is 1. The van der Waals surface area contributed by atoms with Crippen LogP contribution in [-0.2, 0) is 19.3 Å². The number of H-pyrrole nitrogens is 2. The summed E-state index contributed by atoms with van der Waals surface area (Å²) in [5.74, 6) is 2.15. The standard InChI is InChI=1S/C24H34N6/c1-5-24(2,3)14-19-16-26-22(28-19)21(25-4)13-17-8-10-20(11-9-17)30-12-6-7-18-15-27-29-23(18)30/h8-11,15-16,21,25H,5-7,12-14H2,1-4H3,(H,26,28)(H,27,29). The molecule has 160 valence electrons. The Kier molecular flexibility index (Phi) is 5.95. The summed E-state index contributed by atoms with van der Waals surface area (Å²) < 4.78 is 0. The summed E-state index contributed by atoms with van der Waals surface area (Å²) >= 11 is 0. The van der Waals surface area contributed by atoms with Gasteiger partial charge in [0.15, 0.2) is 0 Å². The second kappa shape index (κ2) is 8.64. The maximum atomic E-state index is 4.67. The molecule has 0 fully saturated rings. The number of hydrogen-bond donors (Lipinski definition) is 3. The number of nitrogens with one attached hydrogen (secondary N) is 3. The van der Waals surface area contributed by atoms with Gasteiger partial charge in [-0.15, -0.1) is 0 Å². The summed E-state index contributed by atoms with van der Waals surface area (Å²) in [5, 5.41) is 10.8. The predicted molar refractivity (Wildman–Crippen MR) is 122 cm³/mol. The molecule has 1 aliphatic rings. The lowest BCUT2D eigenvalue weighted by molar-refractivity contribution is 0.345. The number of nitrogens with zero attached hydrogens (tertiary/aromatic N) is 3. The minimum absolute atomic E-state index is 0.170. The first-order valence-electron chi connectivity index (χ1n) is 11.1. The van der Waals surface area contributed by atoms with E-state index in [9.17, 15) is 0 Å². The number of rotatable bonds is 8. The molecule has 0 saturated carbocycles. The van der Waals surface area contributed by atoms with Crippen molar-refractivity contribution < 1.29 is 0 Å². The largest absolute Gasteiger partial charge is 0.345 e. The van der Waals surface area contributed by atoms with Crippen molar-refractivity contribution in [2.24, 2.45) is 5.41 Å². The second-order valence-electron chi connectivity index (χ2n) is 9.20. The molecule has 0 saturated heterocycles. The van der Waals surface area contributed by atoms with Crippen LogP contribution in [0, 0.1) is 5.41 Å². The van der Waals surface area contributed by atoms with E-state index in [0.717, 1.165) is 50.3 Å². The molecule has 1 aliphatic heterocycles. The fourth-order valence-corrected chi connectivity index (χ4v) is 4.19. The highest BCUT2D eigenvalue weighted by atomic mass is 15.3. The van der Waals surface area contributed by atoms with E-state index in [0.29, 0.717) is 0 Å². The monoisotopic (exact) mass is 406 g/mol. The average molecular weight is 407 g/mol. The Labute approximate surface area is 179 Å². The number of aromatic nitrogens is 4. The normalized spacial score (nSPS) is 15.3. The molecule has 6 heteroatoms. The molecule has 3 heterocycles. The molecule has 0 radical (unpaired) electrons. The first kappa shape index (κ1) is 20.7. The molecular formula is C24H34N6. The van der Waals surface area contributed by atoms with Crippen LogP contribution in [0.2, 0.25) is 0 Å². The minimum atomic E-state index is 0.170. The van der Waals surface area contributed by atoms with Crippen LogP contribution in [0.5, 0.6) is 0 Å². The van der Waals surface area contributed by atoms with Crippen LogP contribution in [0.25, 0.3) is 0 Å². The van der Waals surface area contributed by atoms with Crippen LogP contribution in [0.1, 0.15) is 62.3 Å². The summed E-state index contributed by atoms with van der Waals surface area (Å²) in [7, 11) is 2.00. The molecule has 3 N–H and O–H groups in total. The van der Waals surface area contributed by atoms with E-state index in [1.165, 1.54) is 22.5 Å².